The number of alkyl carbamates (subject to hydrolysis) is 1. The standard InChI is InChI=1S/C29H50N2O3/c1-5-6-7-8-9-10-11-12-13-14-15-19-24-30-27(32)26(31-28(33)34-29(2,3)4)23-22-25-20-17-16-18-21-25/h16-18,20-21,26H,5-15,19,22-24H2,1-4H3,(H,30,32)(H,31,33)/t26-/m0/s1. The highest BCUT2D eigenvalue weighted by molar-refractivity contribution is 5.85. The lowest BCUT2D eigenvalue weighted by atomic mass is 10.0. The van der Waals surface area contributed by atoms with Crippen molar-refractivity contribution in [2.75, 3.05) is 6.54 Å². The Kier molecular flexibility index (Phi) is 16.1. The first-order valence-corrected chi connectivity index (χ1v) is 13.6. The van der Waals surface area contributed by atoms with Crippen LogP contribution in [0.2, 0.25) is 0 Å². The molecule has 2 amide bonds. The molecule has 0 aliphatic rings. The van der Waals surface area contributed by atoms with E-state index in [1.807, 2.05) is 51.1 Å². The molecule has 0 fully saturated rings. The maximum atomic E-state index is 12.8. The fourth-order valence-electron chi connectivity index (χ4n) is 3.98. The van der Waals surface area contributed by atoms with Crippen molar-refractivity contribution in [3.8, 4) is 0 Å². The minimum absolute atomic E-state index is 0.134. The highest BCUT2D eigenvalue weighted by Gasteiger charge is 2.24. The van der Waals surface area contributed by atoms with Crippen LogP contribution in [0.4, 0.5) is 4.79 Å². The zero-order chi connectivity index (χ0) is 25.1. The predicted octanol–water partition coefficient (Wildman–Crippen LogP) is 7.33. The monoisotopic (exact) mass is 474 g/mol. The molecule has 194 valence electrons. The second-order valence-corrected chi connectivity index (χ2v) is 10.4. The summed E-state index contributed by atoms with van der Waals surface area (Å²) in [4.78, 5) is 25.0. The average Bonchev–Trinajstić information content (AvgIpc) is 2.79. The summed E-state index contributed by atoms with van der Waals surface area (Å²) < 4.78 is 5.36. The van der Waals surface area contributed by atoms with E-state index in [-0.39, 0.29) is 5.91 Å². The molecule has 0 aromatic heterocycles. The largest absolute Gasteiger partial charge is 0.444 e. The Morgan fingerprint density at radius 1 is 0.824 bits per heavy atom. The van der Waals surface area contributed by atoms with Crippen LogP contribution < -0.4 is 10.6 Å². The van der Waals surface area contributed by atoms with Crippen molar-refractivity contribution in [1.29, 1.82) is 0 Å². The van der Waals surface area contributed by atoms with E-state index in [4.69, 9.17) is 4.74 Å². The average molecular weight is 475 g/mol. The van der Waals surface area contributed by atoms with Crippen LogP contribution in [0.5, 0.6) is 0 Å². The molecule has 2 N–H and O–H groups in total. The Morgan fingerprint density at radius 2 is 1.35 bits per heavy atom. The van der Waals surface area contributed by atoms with E-state index < -0.39 is 17.7 Å². The minimum Gasteiger partial charge on any atom is -0.444 e. The molecule has 0 unspecified atom stereocenters. The zero-order valence-electron chi connectivity index (χ0n) is 22.3. The number of unbranched alkanes of at least 4 members (excludes halogenated alkanes) is 11. The predicted molar refractivity (Wildman–Crippen MR) is 142 cm³/mol. The van der Waals surface area contributed by atoms with Crippen LogP contribution in [-0.4, -0.2) is 30.2 Å². The number of carbonyl (C=O) groups is 2. The van der Waals surface area contributed by atoms with Gasteiger partial charge in [0.1, 0.15) is 11.6 Å². The molecule has 1 aromatic rings. The molecule has 0 aliphatic carbocycles. The van der Waals surface area contributed by atoms with Gasteiger partial charge in [0.15, 0.2) is 0 Å². The lowest BCUT2D eigenvalue weighted by molar-refractivity contribution is -0.123. The molecule has 5 nitrogen and oxygen atoms in total. The van der Waals surface area contributed by atoms with E-state index in [0.717, 1.165) is 18.4 Å². The van der Waals surface area contributed by atoms with E-state index in [1.165, 1.54) is 64.2 Å². The van der Waals surface area contributed by atoms with Crippen molar-refractivity contribution in [2.24, 2.45) is 0 Å². The lowest BCUT2D eigenvalue weighted by Gasteiger charge is -2.23. The molecule has 5 heteroatoms. The normalized spacial score (nSPS) is 12.2. The van der Waals surface area contributed by atoms with Crippen molar-refractivity contribution >= 4 is 12.0 Å². The Hall–Kier alpha value is -2.04. The molecule has 0 saturated heterocycles. The van der Waals surface area contributed by atoms with Crippen LogP contribution in [0.1, 0.15) is 117 Å². The molecule has 1 atom stereocenters. The van der Waals surface area contributed by atoms with Crippen LogP contribution in [0.15, 0.2) is 30.3 Å². The molecular weight excluding hydrogens is 424 g/mol. The molecule has 1 aromatic carbocycles. The maximum Gasteiger partial charge on any atom is 0.408 e. The summed E-state index contributed by atoms with van der Waals surface area (Å²) in [6.07, 6.45) is 16.2. The lowest BCUT2D eigenvalue weighted by Crippen LogP contribution is -2.48. The highest BCUT2D eigenvalue weighted by Crippen LogP contribution is 2.12. The van der Waals surface area contributed by atoms with E-state index in [2.05, 4.69) is 17.6 Å². The van der Waals surface area contributed by atoms with Crippen LogP contribution in [0, 0.1) is 0 Å². The summed E-state index contributed by atoms with van der Waals surface area (Å²) >= 11 is 0. The summed E-state index contributed by atoms with van der Waals surface area (Å²) in [5, 5.41) is 5.78. The zero-order valence-corrected chi connectivity index (χ0v) is 22.3. The summed E-state index contributed by atoms with van der Waals surface area (Å²) in [5.74, 6) is -0.134. The SMILES string of the molecule is CCCCCCCCCCCCCCNC(=O)[C@H](CCc1ccccc1)NC(=O)OC(C)(C)C. The van der Waals surface area contributed by atoms with Gasteiger partial charge in [-0.2, -0.15) is 0 Å². The van der Waals surface area contributed by atoms with Gasteiger partial charge in [-0.3, -0.25) is 4.79 Å². The minimum atomic E-state index is -0.604. The second-order valence-electron chi connectivity index (χ2n) is 10.4. The van der Waals surface area contributed by atoms with Gasteiger partial charge in [-0.05, 0) is 45.6 Å². The van der Waals surface area contributed by atoms with Gasteiger partial charge < -0.3 is 15.4 Å². The Labute approximate surface area is 208 Å². The Morgan fingerprint density at radius 3 is 1.88 bits per heavy atom. The molecule has 34 heavy (non-hydrogen) atoms. The third kappa shape index (κ3) is 16.6. The van der Waals surface area contributed by atoms with Crippen LogP contribution in [-0.2, 0) is 16.0 Å². The molecule has 0 heterocycles. The number of amides is 2. The summed E-state index contributed by atoms with van der Waals surface area (Å²) in [7, 11) is 0. The molecule has 0 radical (unpaired) electrons. The number of benzene rings is 1. The van der Waals surface area contributed by atoms with Crippen molar-refractivity contribution < 1.29 is 14.3 Å². The number of rotatable bonds is 18. The van der Waals surface area contributed by atoms with Gasteiger partial charge in [0, 0.05) is 6.54 Å². The van der Waals surface area contributed by atoms with Crippen molar-refractivity contribution in [2.45, 2.75) is 129 Å². The first-order chi connectivity index (χ1) is 16.3. The van der Waals surface area contributed by atoms with Gasteiger partial charge >= 0.3 is 6.09 Å². The Bertz CT molecular complexity index is 655. The summed E-state index contributed by atoms with van der Waals surface area (Å²) in [6, 6.07) is 9.41. The maximum absolute atomic E-state index is 12.8. The van der Waals surface area contributed by atoms with Crippen molar-refractivity contribution in [1.82, 2.24) is 10.6 Å². The van der Waals surface area contributed by atoms with Gasteiger partial charge in [0.05, 0.1) is 0 Å². The fourth-order valence-corrected chi connectivity index (χ4v) is 3.98. The van der Waals surface area contributed by atoms with E-state index in [0.29, 0.717) is 19.4 Å². The number of aryl methyl sites for hydroxylation is 1. The van der Waals surface area contributed by atoms with E-state index >= 15 is 0 Å². The molecule has 0 saturated carbocycles. The van der Waals surface area contributed by atoms with E-state index in [1.54, 1.807) is 0 Å². The molecule has 0 spiro atoms. The molecule has 1 rings (SSSR count). The van der Waals surface area contributed by atoms with Gasteiger partial charge in [-0.15, -0.1) is 0 Å². The van der Waals surface area contributed by atoms with Gasteiger partial charge in [0.25, 0.3) is 0 Å². The van der Waals surface area contributed by atoms with Gasteiger partial charge in [-0.25, -0.2) is 4.79 Å². The third-order valence-corrected chi connectivity index (χ3v) is 5.90. The number of hydrogen-bond donors (Lipinski definition) is 2. The fraction of sp³-hybridized carbons (Fsp3) is 0.724. The topological polar surface area (TPSA) is 67.4 Å². The van der Waals surface area contributed by atoms with Crippen molar-refractivity contribution in [3.05, 3.63) is 35.9 Å². The summed E-state index contributed by atoms with van der Waals surface area (Å²) in [5.41, 5.74) is 0.548. The first kappa shape index (κ1) is 30.0. The summed E-state index contributed by atoms with van der Waals surface area (Å²) in [6.45, 7) is 8.36. The number of hydrogen-bond acceptors (Lipinski definition) is 3. The molecule has 0 aliphatic heterocycles. The van der Waals surface area contributed by atoms with Crippen molar-refractivity contribution in [3.63, 3.8) is 0 Å². The second kappa shape index (κ2) is 18.3. The number of nitrogens with one attached hydrogen (secondary N) is 2. The molecular formula is C29H50N2O3. The Balaban J connectivity index is 2.26. The van der Waals surface area contributed by atoms with Crippen LogP contribution in [0.3, 0.4) is 0 Å². The number of carbonyl (C=O) groups excluding carboxylic acids is 2. The first-order valence-electron chi connectivity index (χ1n) is 13.6. The van der Waals surface area contributed by atoms with E-state index in [9.17, 15) is 9.59 Å². The smallest absolute Gasteiger partial charge is 0.408 e. The highest BCUT2D eigenvalue weighted by atomic mass is 16.6. The quantitative estimate of drug-likeness (QED) is 0.219. The van der Waals surface area contributed by atoms with Crippen LogP contribution in [0.25, 0.3) is 0 Å². The van der Waals surface area contributed by atoms with Crippen LogP contribution >= 0.6 is 0 Å². The van der Waals surface area contributed by atoms with Gasteiger partial charge in [0.2, 0.25) is 5.91 Å². The molecule has 0 bridgehead atoms. The van der Waals surface area contributed by atoms with Gasteiger partial charge in [-0.1, -0.05) is 108 Å². The number of ether oxygens (including phenoxy) is 1. The third-order valence-electron chi connectivity index (χ3n) is 5.90.